The minimum absolute atomic E-state index is 0.147. The van der Waals surface area contributed by atoms with Gasteiger partial charge in [-0.1, -0.05) is 35.3 Å². The van der Waals surface area contributed by atoms with Crippen LogP contribution in [0.25, 0.3) is 0 Å². The summed E-state index contributed by atoms with van der Waals surface area (Å²) >= 11 is 12.3. The second kappa shape index (κ2) is 6.97. The third-order valence-corrected chi connectivity index (χ3v) is 4.94. The van der Waals surface area contributed by atoms with E-state index < -0.39 is 11.6 Å². The van der Waals surface area contributed by atoms with Crippen molar-refractivity contribution in [3.63, 3.8) is 0 Å². The maximum Gasteiger partial charge on any atom is 0.407 e. The molecule has 0 bridgehead atoms. The average molecular weight is 359 g/mol. The predicted molar refractivity (Wildman–Crippen MR) is 90.0 cm³/mol. The summed E-state index contributed by atoms with van der Waals surface area (Å²) in [5.74, 6) is -0.204. The largest absolute Gasteiger partial charge is 0.465 e. The number of carboxylic acid groups (broad SMARTS) is 1. The molecule has 7 heteroatoms. The maximum atomic E-state index is 12.3. The van der Waals surface area contributed by atoms with Crippen LogP contribution in [0.5, 0.6) is 0 Å². The molecular weight excluding hydrogens is 339 g/mol. The van der Waals surface area contributed by atoms with Crippen molar-refractivity contribution in [3.05, 3.63) is 33.8 Å². The number of hydrogen-bond acceptors (Lipinski definition) is 2. The van der Waals surface area contributed by atoms with Crippen LogP contribution in [0, 0.1) is 0 Å². The van der Waals surface area contributed by atoms with E-state index >= 15 is 0 Å². The van der Waals surface area contributed by atoms with Gasteiger partial charge in [-0.05, 0) is 38.3 Å². The first-order valence-electron chi connectivity index (χ1n) is 7.47. The molecule has 2 N–H and O–H groups in total. The van der Waals surface area contributed by atoms with E-state index in [1.54, 1.807) is 12.1 Å². The Labute approximate surface area is 145 Å². The first kappa shape index (κ1) is 17.9. The van der Waals surface area contributed by atoms with Gasteiger partial charge in [0.05, 0.1) is 15.6 Å². The quantitative estimate of drug-likeness (QED) is 0.857. The van der Waals surface area contributed by atoms with Gasteiger partial charge < -0.3 is 15.3 Å². The van der Waals surface area contributed by atoms with Crippen LogP contribution in [0.4, 0.5) is 4.79 Å². The first-order valence-corrected chi connectivity index (χ1v) is 8.23. The van der Waals surface area contributed by atoms with Crippen molar-refractivity contribution in [1.82, 2.24) is 10.2 Å². The molecular formula is C16H20Cl2N2O3. The minimum atomic E-state index is -0.975. The maximum absolute atomic E-state index is 12.3. The Kier molecular flexibility index (Phi) is 5.42. The smallest absolute Gasteiger partial charge is 0.407 e. The van der Waals surface area contributed by atoms with Crippen molar-refractivity contribution in [2.75, 3.05) is 6.54 Å². The molecule has 2 rings (SSSR count). The lowest BCUT2D eigenvalue weighted by Crippen LogP contribution is -2.44. The summed E-state index contributed by atoms with van der Waals surface area (Å²) in [6.07, 6.45) is 0.664. The van der Waals surface area contributed by atoms with Crippen molar-refractivity contribution < 1.29 is 14.7 Å². The molecule has 5 nitrogen and oxygen atoms in total. The number of carbonyl (C=O) groups excluding carboxylic acids is 1. The fourth-order valence-corrected chi connectivity index (χ4v) is 3.50. The summed E-state index contributed by atoms with van der Waals surface area (Å²) in [6.45, 7) is 4.16. The van der Waals surface area contributed by atoms with Crippen LogP contribution in [0.2, 0.25) is 10.0 Å². The van der Waals surface area contributed by atoms with E-state index in [0.717, 1.165) is 12.0 Å². The SMILES string of the molecule is CC(C)(NC(=O)CC1CCCN1C(=O)O)c1cccc(Cl)c1Cl. The lowest BCUT2D eigenvalue weighted by molar-refractivity contribution is -0.123. The van der Waals surface area contributed by atoms with Crippen molar-refractivity contribution in [1.29, 1.82) is 0 Å². The Hall–Kier alpha value is -1.46. The monoisotopic (exact) mass is 358 g/mol. The standard InChI is InChI=1S/C16H20Cl2N2O3/c1-16(2,11-6-3-7-12(17)14(11)18)19-13(21)9-10-5-4-8-20(10)15(22)23/h3,6-7,10H,4-5,8-9H2,1-2H3,(H,19,21)(H,22,23). The molecule has 126 valence electrons. The van der Waals surface area contributed by atoms with Crippen LogP contribution >= 0.6 is 23.2 Å². The summed E-state index contributed by atoms with van der Waals surface area (Å²) in [4.78, 5) is 24.8. The number of nitrogens with one attached hydrogen (secondary N) is 1. The zero-order valence-corrected chi connectivity index (χ0v) is 14.6. The molecule has 1 aliphatic heterocycles. The van der Waals surface area contributed by atoms with E-state index in [1.807, 2.05) is 19.9 Å². The van der Waals surface area contributed by atoms with Crippen LogP contribution in [-0.2, 0) is 10.3 Å². The number of nitrogens with zero attached hydrogens (tertiary/aromatic N) is 1. The molecule has 0 spiro atoms. The topological polar surface area (TPSA) is 69.6 Å². The first-order chi connectivity index (χ1) is 10.7. The number of rotatable bonds is 4. The molecule has 1 saturated heterocycles. The second-order valence-electron chi connectivity index (χ2n) is 6.25. The zero-order valence-electron chi connectivity index (χ0n) is 13.1. The Morgan fingerprint density at radius 1 is 1.39 bits per heavy atom. The van der Waals surface area contributed by atoms with Gasteiger partial charge in [-0.3, -0.25) is 4.79 Å². The van der Waals surface area contributed by atoms with E-state index in [-0.39, 0.29) is 18.4 Å². The van der Waals surface area contributed by atoms with Crippen LogP contribution in [0.3, 0.4) is 0 Å². The molecule has 1 fully saturated rings. The summed E-state index contributed by atoms with van der Waals surface area (Å²) < 4.78 is 0. The number of amides is 2. The average Bonchev–Trinajstić information content (AvgIpc) is 2.89. The third kappa shape index (κ3) is 4.09. The number of benzene rings is 1. The molecule has 0 aliphatic carbocycles. The number of carbonyl (C=O) groups is 2. The third-order valence-electron chi connectivity index (χ3n) is 4.12. The number of halogens is 2. The molecule has 1 aliphatic rings. The van der Waals surface area contributed by atoms with Crippen molar-refractivity contribution in [2.45, 2.75) is 44.7 Å². The minimum Gasteiger partial charge on any atom is -0.465 e. The molecule has 23 heavy (non-hydrogen) atoms. The van der Waals surface area contributed by atoms with Gasteiger partial charge in [0.1, 0.15) is 0 Å². The Morgan fingerprint density at radius 2 is 2.09 bits per heavy atom. The van der Waals surface area contributed by atoms with E-state index in [4.69, 9.17) is 28.3 Å². The van der Waals surface area contributed by atoms with Gasteiger partial charge in [0.2, 0.25) is 5.91 Å². The molecule has 1 aromatic rings. The Balaban J connectivity index is 2.07. The summed E-state index contributed by atoms with van der Waals surface area (Å²) in [6, 6.07) is 5.01. The Morgan fingerprint density at radius 3 is 2.74 bits per heavy atom. The van der Waals surface area contributed by atoms with Crippen LogP contribution in [0.1, 0.15) is 38.7 Å². The van der Waals surface area contributed by atoms with E-state index in [2.05, 4.69) is 5.32 Å². The number of hydrogen-bond donors (Lipinski definition) is 2. The van der Waals surface area contributed by atoms with Gasteiger partial charge in [-0.15, -0.1) is 0 Å². The van der Waals surface area contributed by atoms with Gasteiger partial charge >= 0.3 is 6.09 Å². The van der Waals surface area contributed by atoms with Gasteiger partial charge in [0.25, 0.3) is 0 Å². The van der Waals surface area contributed by atoms with Crippen LogP contribution in [-0.4, -0.2) is 34.6 Å². The molecule has 1 aromatic carbocycles. The van der Waals surface area contributed by atoms with Gasteiger partial charge in [0.15, 0.2) is 0 Å². The summed E-state index contributed by atoms with van der Waals surface area (Å²) in [5, 5.41) is 12.9. The molecule has 1 unspecified atom stereocenters. The zero-order chi connectivity index (χ0) is 17.2. The molecule has 0 saturated carbocycles. The predicted octanol–water partition coefficient (Wildman–Crippen LogP) is 3.88. The molecule has 1 atom stereocenters. The molecule has 1 heterocycles. The highest BCUT2D eigenvalue weighted by Gasteiger charge is 2.32. The van der Waals surface area contributed by atoms with Crippen LogP contribution in [0.15, 0.2) is 18.2 Å². The molecule has 0 aromatic heterocycles. The highest BCUT2D eigenvalue weighted by molar-refractivity contribution is 6.42. The van der Waals surface area contributed by atoms with Crippen molar-refractivity contribution in [3.8, 4) is 0 Å². The van der Waals surface area contributed by atoms with Gasteiger partial charge in [-0.2, -0.15) is 0 Å². The molecule has 2 amide bonds. The fraction of sp³-hybridized carbons (Fsp3) is 0.500. The highest BCUT2D eigenvalue weighted by Crippen LogP contribution is 2.33. The summed E-state index contributed by atoms with van der Waals surface area (Å²) in [5.41, 5.74) is 0.0210. The van der Waals surface area contributed by atoms with Crippen molar-refractivity contribution in [2.24, 2.45) is 0 Å². The van der Waals surface area contributed by atoms with Gasteiger partial charge in [-0.25, -0.2) is 4.79 Å². The van der Waals surface area contributed by atoms with E-state index in [0.29, 0.717) is 23.0 Å². The fourth-order valence-electron chi connectivity index (χ4n) is 2.97. The van der Waals surface area contributed by atoms with Gasteiger partial charge in [0, 0.05) is 19.0 Å². The lowest BCUT2D eigenvalue weighted by Gasteiger charge is -2.29. The van der Waals surface area contributed by atoms with Crippen LogP contribution < -0.4 is 5.32 Å². The second-order valence-corrected chi connectivity index (χ2v) is 7.04. The number of likely N-dealkylation sites (tertiary alicyclic amines) is 1. The lowest BCUT2D eigenvalue weighted by atomic mass is 9.93. The summed E-state index contributed by atoms with van der Waals surface area (Å²) in [7, 11) is 0. The Bertz CT molecular complexity index is 619. The van der Waals surface area contributed by atoms with E-state index in [1.165, 1.54) is 4.90 Å². The highest BCUT2D eigenvalue weighted by atomic mass is 35.5. The van der Waals surface area contributed by atoms with E-state index in [9.17, 15) is 9.59 Å². The normalized spacial score (nSPS) is 18.1. The van der Waals surface area contributed by atoms with Crippen molar-refractivity contribution >= 4 is 35.2 Å². The molecule has 0 radical (unpaired) electrons.